The van der Waals surface area contributed by atoms with Gasteiger partial charge in [0.15, 0.2) is 17.1 Å². The summed E-state index contributed by atoms with van der Waals surface area (Å²) in [6, 6.07) is 1.16. The summed E-state index contributed by atoms with van der Waals surface area (Å²) in [7, 11) is 0. The average Bonchev–Trinajstić information content (AvgIpc) is 2.34. The molecule has 108 valence electrons. The Bertz CT molecular complexity index is 714. The van der Waals surface area contributed by atoms with Crippen LogP contribution in [0.3, 0.4) is 0 Å². The number of halogens is 5. The molecule has 0 bridgehead atoms. The van der Waals surface area contributed by atoms with Crippen LogP contribution in [0.1, 0.15) is 6.92 Å². The first kappa shape index (κ1) is 14.6. The molecular formula is C11H7ClF4N2O2. The van der Waals surface area contributed by atoms with Crippen molar-refractivity contribution in [2.75, 3.05) is 0 Å². The minimum absolute atomic E-state index is 0.266. The molecule has 0 aromatic carbocycles. The van der Waals surface area contributed by atoms with Crippen molar-refractivity contribution >= 4 is 22.4 Å². The SMILES string of the molecule is CC(Oc1nc(Cl)c(F)c2cc[nH]c(=O)c12)C(F)(F)F. The topological polar surface area (TPSA) is 55.0 Å². The predicted octanol–water partition coefficient (Wildman–Crippen LogP) is 3.05. The van der Waals surface area contributed by atoms with Crippen LogP contribution < -0.4 is 10.3 Å². The van der Waals surface area contributed by atoms with Crippen molar-refractivity contribution in [2.45, 2.75) is 19.2 Å². The first-order chi connectivity index (χ1) is 9.21. The number of pyridine rings is 2. The smallest absolute Gasteiger partial charge is 0.425 e. The van der Waals surface area contributed by atoms with E-state index in [0.717, 1.165) is 19.2 Å². The molecule has 0 fully saturated rings. The second-order valence-electron chi connectivity index (χ2n) is 3.92. The van der Waals surface area contributed by atoms with Crippen LogP contribution in [0.25, 0.3) is 10.8 Å². The minimum Gasteiger partial charge on any atom is -0.464 e. The summed E-state index contributed by atoms with van der Waals surface area (Å²) in [5.74, 6) is -1.67. The Kier molecular flexibility index (Phi) is 3.59. The number of alkyl halides is 3. The van der Waals surface area contributed by atoms with Crippen LogP contribution in [0.15, 0.2) is 17.1 Å². The molecule has 1 atom stereocenters. The Balaban J connectivity index is 2.65. The molecule has 0 aliphatic heterocycles. The fourth-order valence-electron chi connectivity index (χ4n) is 1.50. The summed E-state index contributed by atoms with van der Waals surface area (Å²) in [4.78, 5) is 17.2. The van der Waals surface area contributed by atoms with Gasteiger partial charge in [-0.2, -0.15) is 18.2 Å². The van der Waals surface area contributed by atoms with Crippen molar-refractivity contribution in [3.8, 4) is 5.88 Å². The van der Waals surface area contributed by atoms with E-state index in [1.807, 2.05) is 0 Å². The molecule has 0 radical (unpaired) electrons. The first-order valence-corrected chi connectivity index (χ1v) is 5.69. The quantitative estimate of drug-likeness (QED) is 0.685. The van der Waals surface area contributed by atoms with Crippen LogP contribution in [0.2, 0.25) is 5.15 Å². The second-order valence-corrected chi connectivity index (χ2v) is 4.28. The average molecular weight is 311 g/mol. The molecule has 0 aliphatic carbocycles. The number of hydrogen-bond acceptors (Lipinski definition) is 3. The Labute approximate surface area is 114 Å². The van der Waals surface area contributed by atoms with E-state index in [9.17, 15) is 22.4 Å². The monoisotopic (exact) mass is 310 g/mol. The van der Waals surface area contributed by atoms with Crippen LogP contribution >= 0.6 is 11.6 Å². The van der Waals surface area contributed by atoms with Gasteiger partial charge in [0.1, 0.15) is 5.39 Å². The highest BCUT2D eigenvalue weighted by Gasteiger charge is 2.39. The van der Waals surface area contributed by atoms with Gasteiger partial charge in [-0.05, 0) is 13.0 Å². The van der Waals surface area contributed by atoms with Gasteiger partial charge in [-0.15, -0.1) is 0 Å². The van der Waals surface area contributed by atoms with E-state index in [-0.39, 0.29) is 5.39 Å². The zero-order chi connectivity index (χ0) is 15.1. The Morgan fingerprint density at radius 3 is 2.70 bits per heavy atom. The summed E-state index contributed by atoms with van der Waals surface area (Å²) in [6.45, 7) is 0.738. The zero-order valence-electron chi connectivity index (χ0n) is 9.89. The summed E-state index contributed by atoms with van der Waals surface area (Å²) in [6.07, 6.45) is -5.74. The maximum atomic E-state index is 13.7. The number of aromatic amines is 1. The molecule has 0 aliphatic rings. The van der Waals surface area contributed by atoms with E-state index in [0.29, 0.717) is 0 Å². The van der Waals surface area contributed by atoms with Gasteiger partial charge in [0.25, 0.3) is 5.56 Å². The summed E-state index contributed by atoms with van der Waals surface area (Å²) >= 11 is 5.48. The van der Waals surface area contributed by atoms with Gasteiger partial charge in [0.2, 0.25) is 5.88 Å². The third-order valence-electron chi connectivity index (χ3n) is 2.54. The van der Waals surface area contributed by atoms with E-state index in [1.165, 1.54) is 0 Å². The lowest BCUT2D eigenvalue weighted by molar-refractivity contribution is -0.189. The van der Waals surface area contributed by atoms with Gasteiger partial charge >= 0.3 is 6.18 Å². The van der Waals surface area contributed by atoms with Gasteiger partial charge in [0, 0.05) is 11.6 Å². The lowest BCUT2D eigenvalue weighted by Gasteiger charge is -2.18. The van der Waals surface area contributed by atoms with Crippen LogP contribution in [0, 0.1) is 5.82 Å². The maximum absolute atomic E-state index is 13.7. The summed E-state index contributed by atoms with van der Waals surface area (Å²) in [5.41, 5.74) is -0.824. The Morgan fingerprint density at radius 1 is 1.45 bits per heavy atom. The van der Waals surface area contributed by atoms with Crippen molar-refractivity contribution in [1.82, 2.24) is 9.97 Å². The number of hydrogen-bond donors (Lipinski definition) is 1. The highest BCUT2D eigenvalue weighted by Crippen LogP contribution is 2.30. The molecule has 0 saturated heterocycles. The second kappa shape index (κ2) is 4.93. The van der Waals surface area contributed by atoms with Crippen molar-refractivity contribution < 1.29 is 22.3 Å². The first-order valence-electron chi connectivity index (χ1n) is 5.31. The van der Waals surface area contributed by atoms with Crippen molar-refractivity contribution in [3.05, 3.63) is 33.6 Å². The van der Waals surface area contributed by atoms with Gasteiger partial charge in [0.05, 0.1) is 0 Å². The molecule has 1 unspecified atom stereocenters. The van der Waals surface area contributed by atoms with E-state index in [2.05, 4.69) is 14.7 Å². The molecular weight excluding hydrogens is 304 g/mol. The molecule has 0 amide bonds. The zero-order valence-corrected chi connectivity index (χ0v) is 10.6. The number of H-pyrrole nitrogens is 1. The molecule has 0 spiro atoms. The molecule has 4 nitrogen and oxygen atoms in total. The molecule has 2 aromatic rings. The van der Waals surface area contributed by atoms with Gasteiger partial charge in [-0.1, -0.05) is 11.6 Å². The third-order valence-corrected chi connectivity index (χ3v) is 2.79. The Hall–Kier alpha value is -1.83. The molecule has 0 saturated carbocycles. The van der Waals surface area contributed by atoms with Crippen molar-refractivity contribution in [1.29, 1.82) is 0 Å². The van der Waals surface area contributed by atoms with Crippen LogP contribution in [-0.2, 0) is 0 Å². The predicted molar refractivity (Wildman–Crippen MR) is 63.5 cm³/mol. The molecule has 1 N–H and O–H groups in total. The highest BCUT2D eigenvalue weighted by atomic mass is 35.5. The number of aromatic nitrogens is 2. The van der Waals surface area contributed by atoms with Crippen LogP contribution in [0.5, 0.6) is 5.88 Å². The number of ether oxygens (including phenoxy) is 1. The maximum Gasteiger partial charge on any atom is 0.425 e. The molecule has 2 rings (SSSR count). The van der Waals surface area contributed by atoms with Gasteiger partial charge in [-0.25, -0.2) is 4.39 Å². The molecule has 20 heavy (non-hydrogen) atoms. The molecule has 2 heterocycles. The van der Waals surface area contributed by atoms with E-state index in [1.54, 1.807) is 0 Å². The van der Waals surface area contributed by atoms with E-state index < -0.39 is 40.1 Å². The number of nitrogens with one attached hydrogen (secondary N) is 1. The van der Waals surface area contributed by atoms with E-state index in [4.69, 9.17) is 11.6 Å². The van der Waals surface area contributed by atoms with Crippen molar-refractivity contribution in [3.63, 3.8) is 0 Å². The normalized spacial score (nSPS) is 13.5. The number of rotatable bonds is 2. The lowest BCUT2D eigenvalue weighted by atomic mass is 10.2. The van der Waals surface area contributed by atoms with Gasteiger partial charge < -0.3 is 9.72 Å². The van der Waals surface area contributed by atoms with E-state index >= 15 is 0 Å². The Morgan fingerprint density at radius 2 is 2.10 bits per heavy atom. The standard InChI is InChI=1S/C11H7ClF4N2O2/c1-4(11(14,15)16)20-10-6-5(2-3-17-9(6)19)7(13)8(12)18-10/h2-4H,1H3,(H,17,19). The fraction of sp³-hybridized carbons (Fsp3) is 0.273. The third kappa shape index (κ3) is 2.55. The number of nitrogens with zero attached hydrogens (tertiary/aromatic N) is 1. The molecule has 2 aromatic heterocycles. The minimum atomic E-state index is -4.66. The van der Waals surface area contributed by atoms with Crippen molar-refractivity contribution in [2.24, 2.45) is 0 Å². The largest absolute Gasteiger partial charge is 0.464 e. The number of fused-ring (bicyclic) bond motifs is 1. The van der Waals surface area contributed by atoms with Crippen LogP contribution in [0.4, 0.5) is 17.6 Å². The fourth-order valence-corrected chi connectivity index (χ4v) is 1.68. The molecule has 9 heteroatoms. The lowest BCUT2D eigenvalue weighted by Crippen LogP contribution is -2.32. The van der Waals surface area contributed by atoms with Gasteiger partial charge in [-0.3, -0.25) is 4.79 Å². The summed E-state index contributed by atoms with van der Waals surface area (Å²) in [5, 5.41) is -1.36. The van der Waals surface area contributed by atoms with Crippen LogP contribution in [-0.4, -0.2) is 22.2 Å². The highest BCUT2D eigenvalue weighted by molar-refractivity contribution is 6.30. The summed E-state index contributed by atoms with van der Waals surface area (Å²) < 4.78 is 55.7.